The van der Waals surface area contributed by atoms with E-state index >= 15 is 0 Å². The van der Waals surface area contributed by atoms with Crippen molar-refractivity contribution in [3.8, 4) is 11.3 Å². The largest absolute Gasteiger partial charge is 0.465 e. The summed E-state index contributed by atoms with van der Waals surface area (Å²) >= 11 is 1.71. The normalized spacial score (nSPS) is 16.0. The molecule has 120 valence electrons. The highest BCUT2D eigenvalue weighted by atomic mass is 32.2. The Bertz CT molecular complexity index is 767. The smallest absolute Gasteiger partial charge is 0.340 e. The Labute approximate surface area is 138 Å². The molecule has 2 heterocycles. The molecule has 1 aliphatic rings. The van der Waals surface area contributed by atoms with Gasteiger partial charge in [0.1, 0.15) is 5.56 Å². The molecule has 0 saturated carbocycles. The molecule has 1 atom stereocenters. The number of fused-ring (bicyclic) bond motifs is 1. The summed E-state index contributed by atoms with van der Waals surface area (Å²) in [5, 5.41) is 0.127. The maximum atomic E-state index is 12.4. The lowest BCUT2D eigenvalue weighted by molar-refractivity contribution is 0.0556. The molecule has 6 heteroatoms. The van der Waals surface area contributed by atoms with Crippen LogP contribution in [0.15, 0.2) is 30.3 Å². The van der Waals surface area contributed by atoms with E-state index in [0.29, 0.717) is 17.0 Å². The van der Waals surface area contributed by atoms with E-state index in [0.717, 1.165) is 11.3 Å². The second kappa shape index (κ2) is 6.12. The minimum atomic E-state index is -0.525. The second-order valence-electron chi connectivity index (χ2n) is 5.17. The van der Waals surface area contributed by atoms with E-state index in [4.69, 9.17) is 9.47 Å². The van der Waals surface area contributed by atoms with Gasteiger partial charge in [-0.1, -0.05) is 30.3 Å². The molecule has 5 nitrogen and oxygen atoms in total. The Hall–Kier alpha value is -2.21. The minimum absolute atomic E-state index is 0.127. The third-order valence-corrected chi connectivity index (χ3v) is 5.09. The van der Waals surface area contributed by atoms with Crippen LogP contribution in [0.2, 0.25) is 0 Å². The first kappa shape index (κ1) is 15.7. The van der Waals surface area contributed by atoms with Crippen LogP contribution in [-0.2, 0) is 15.2 Å². The van der Waals surface area contributed by atoms with Crippen LogP contribution in [0.4, 0.5) is 0 Å². The average Bonchev–Trinajstić information content (AvgIpc) is 3.12. The summed E-state index contributed by atoms with van der Waals surface area (Å²) < 4.78 is 11.9. The predicted octanol–water partition coefficient (Wildman–Crippen LogP) is 3.49. The number of carbonyl (C=O) groups excluding carboxylic acids is 2. The molecule has 0 unspecified atom stereocenters. The first-order valence-corrected chi connectivity index (χ1v) is 8.25. The molecule has 1 aromatic carbocycles. The lowest BCUT2D eigenvalue weighted by atomic mass is 10.0. The number of hydrogen-bond acceptors (Lipinski definition) is 5. The van der Waals surface area contributed by atoms with Crippen molar-refractivity contribution in [2.75, 3.05) is 14.2 Å². The van der Waals surface area contributed by atoms with Gasteiger partial charge in [0.2, 0.25) is 0 Å². The third-order valence-electron chi connectivity index (χ3n) is 3.96. The average molecular weight is 331 g/mol. The number of benzene rings is 1. The SMILES string of the molecule is COC(=O)c1c(C(=O)OC)c(-c2ccccc2)n2c1CS[C@@H]2C. The summed E-state index contributed by atoms with van der Waals surface area (Å²) in [6.07, 6.45) is 0. The second-order valence-corrected chi connectivity index (χ2v) is 6.48. The van der Waals surface area contributed by atoms with E-state index in [1.807, 2.05) is 34.9 Å². The Kier molecular flexibility index (Phi) is 4.17. The molecule has 0 saturated heterocycles. The summed E-state index contributed by atoms with van der Waals surface area (Å²) in [6.45, 7) is 2.05. The van der Waals surface area contributed by atoms with Gasteiger partial charge in [-0.3, -0.25) is 0 Å². The molecule has 0 aliphatic carbocycles. The van der Waals surface area contributed by atoms with Crippen LogP contribution in [0.25, 0.3) is 11.3 Å². The molecule has 0 amide bonds. The molecule has 0 fully saturated rings. The summed E-state index contributed by atoms with van der Waals surface area (Å²) in [5.74, 6) is -0.378. The number of aromatic nitrogens is 1. The number of thioether (sulfide) groups is 1. The molecule has 1 aliphatic heterocycles. The maximum Gasteiger partial charge on any atom is 0.340 e. The van der Waals surface area contributed by atoms with E-state index in [9.17, 15) is 9.59 Å². The van der Waals surface area contributed by atoms with Crippen molar-refractivity contribution in [3.63, 3.8) is 0 Å². The Morgan fingerprint density at radius 3 is 2.30 bits per heavy atom. The van der Waals surface area contributed by atoms with Gasteiger partial charge in [0.15, 0.2) is 0 Å². The molecule has 23 heavy (non-hydrogen) atoms. The van der Waals surface area contributed by atoms with Crippen molar-refractivity contribution < 1.29 is 19.1 Å². The first-order chi connectivity index (χ1) is 11.1. The van der Waals surface area contributed by atoms with E-state index < -0.39 is 11.9 Å². The van der Waals surface area contributed by atoms with Gasteiger partial charge >= 0.3 is 11.9 Å². The molecule has 0 N–H and O–H groups in total. The Morgan fingerprint density at radius 1 is 1.09 bits per heavy atom. The van der Waals surface area contributed by atoms with Gasteiger partial charge in [-0.2, -0.15) is 0 Å². The van der Waals surface area contributed by atoms with Crippen LogP contribution in [0, 0.1) is 0 Å². The maximum absolute atomic E-state index is 12.4. The fraction of sp³-hybridized carbons (Fsp3) is 0.294. The molecule has 3 rings (SSSR count). The van der Waals surface area contributed by atoms with Crippen molar-refractivity contribution in [3.05, 3.63) is 47.2 Å². The van der Waals surface area contributed by atoms with Gasteiger partial charge in [0, 0.05) is 11.4 Å². The van der Waals surface area contributed by atoms with Crippen LogP contribution in [0.3, 0.4) is 0 Å². The fourth-order valence-electron chi connectivity index (χ4n) is 2.96. The minimum Gasteiger partial charge on any atom is -0.465 e. The van der Waals surface area contributed by atoms with Crippen LogP contribution < -0.4 is 0 Å². The van der Waals surface area contributed by atoms with E-state index in [1.165, 1.54) is 14.2 Å². The Morgan fingerprint density at radius 2 is 1.70 bits per heavy atom. The highest BCUT2D eigenvalue weighted by molar-refractivity contribution is 7.98. The molecule has 0 spiro atoms. The highest BCUT2D eigenvalue weighted by Gasteiger charge is 2.37. The molecular weight excluding hydrogens is 314 g/mol. The number of esters is 2. The van der Waals surface area contributed by atoms with Gasteiger partial charge in [-0.05, 0) is 12.5 Å². The standard InChI is InChI=1S/C17H17NO4S/c1-10-18-12(9-23-10)13(16(19)21-2)14(17(20)22-3)15(18)11-7-5-4-6-8-11/h4-8,10H,9H2,1-3H3/t10-/m1/s1. The monoisotopic (exact) mass is 331 g/mol. The van der Waals surface area contributed by atoms with E-state index in [-0.39, 0.29) is 10.9 Å². The van der Waals surface area contributed by atoms with Gasteiger partial charge in [-0.25, -0.2) is 9.59 Å². The highest BCUT2D eigenvalue weighted by Crippen LogP contribution is 2.45. The quantitative estimate of drug-likeness (QED) is 0.806. The van der Waals surface area contributed by atoms with Crippen molar-refractivity contribution >= 4 is 23.7 Å². The van der Waals surface area contributed by atoms with Crippen molar-refractivity contribution in [2.24, 2.45) is 0 Å². The number of ether oxygens (including phenoxy) is 2. The van der Waals surface area contributed by atoms with Crippen molar-refractivity contribution in [1.82, 2.24) is 4.57 Å². The topological polar surface area (TPSA) is 57.5 Å². The van der Waals surface area contributed by atoms with Crippen LogP contribution in [-0.4, -0.2) is 30.7 Å². The number of hydrogen-bond donors (Lipinski definition) is 0. The van der Waals surface area contributed by atoms with E-state index in [2.05, 4.69) is 6.92 Å². The zero-order valence-electron chi connectivity index (χ0n) is 13.2. The number of methoxy groups -OCH3 is 2. The fourth-order valence-corrected chi connectivity index (χ4v) is 4.02. The number of rotatable bonds is 3. The van der Waals surface area contributed by atoms with Crippen molar-refractivity contribution in [2.45, 2.75) is 18.1 Å². The summed E-state index contributed by atoms with van der Waals surface area (Å²) in [4.78, 5) is 24.7. The lowest BCUT2D eigenvalue weighted by Gasteiger charge is -2.13. The van der Waals surface area contributed by atoms with Gasteiger partial charge < -0.3 is 14.0 Å². The summed E-state index contributed by atoms with van der Waals surface area (Å²) in [5.41, 5.74) is 3.00. The van der Waals surface area contributed by atoms with Crippen LogP contribution in [0.5, 0.6) is 0 Å². The number of carbonyl (C=O) groups is 2. The van der Waals surface area contributed by atoms with E-state index in [1.54, 1.807) is 11.8 Å². The molecule has 2 aromatic rings. The zero-order valence-corrected chi connectivity index (χ0v) is 14.0. The molecule has 1 aromatic heterocycles. The zero-order chi connectivity index (χ0) is 16.6. The third kappa shape index (κ3) is 2.43. The van der Waals surface area contributed by atoms with Gasteiger partial charge in [0.05, 0.1) is 30.9 Å². The van der Waals surface area contributed by atoms with Crippen LogP contribution in [0.1, 0.15) is 38.7 Å². The van der Waals surface area contributed by atoms with Crippen molar-refractivity contribution in [1.29, 1.82) is 0 Å². The van der Waals surface area contributed by atoms with Gasteiger partial charge in [0.25, 0.3) is 0 Å². The first-order valence-electron chi connectivity index (χ1n) is 7.20. The number of nitrogens with zero attached hydrogens (tertiary/aromatic N) is 1. The molecule has 0 bridgehead atoms. The van der Waals surface area contributed by atoms with Crippen LogP contribution >= 0.6 is 11.8 Å². The summed E-state index contributed by atoms with van der Waals surface area (Å²) in [6, 6.07) is 9.56. The summed E-state index contributed by atoms with van der Waals surface area (Å²) in [7, 11) is 2.64. The molecule has 0 radical (unpaired) electrons. The Balaban J connectivity index is 2.37. The van der Waals surface area contributed by atoms with Gasteiger partial charge in [-0.15, -0.1) is 11.8 Å². The predicted molar refractivity (Wildman–Crippen MR) is 88.6 cm³/mol. The molecular formula is C17H17NO4S. The lowest BCUT2D eigenvalue weighted by Crippen LogP contribution is -2.12.